The highest BCUT2D eigenvalue weighted by atomic mass is 32.2. The van der Waals surface area contributed by atoms with Crippen molar-refractivity contribution in [2.45, 2.75) is 0 Å². The molecule has 0 unspecified atom stereocenters. The van der Waals surface area contributed by atoms with Crippen LogP contribution in [0.15, 0.2) is 46.7 Å². The van der Waals surface area contributed by atoms with Crippen molar-refractivity contribution in [3.63, 3.8) is 0 Å². The monoisotopic (exact) mass is 420 g/mol. The van der Waals surface area contributed by atoms with Crippen LogP contribution in [0.2, 0.25) is 0 Å². The minimum absolute atomic E-state index is 0.234. The van der Waals surface area contributed by atoms with Gasteiger partial charge in [0.25, 0.3) is 11.8 Å². The van der Waals surface area contributed by atoms with Crippen molar-refractivity contribution in [3.05, 3.63) is 57.1 Å². The number of aliphatic carboxylic acids is 1. The number of rotatable bonds is 6. The number of benzene rings is 1. The van der Waals surface area contributed by atoms with Crippen LogP contribution in [0, 0.1) is 0 Å². The van der Waals surface area contributed by atoms with Crippen molar-refractivity contribution in [3.8, 4) is 5.75 Å². The number of carbonyl (C=O) groups excluding carboxylic acids is 2. The Balaban J connectivity index is 1.68. The van der Waals surface area contributed by atoms with Gasteiger partial charge in [-0.25, -0.2) is 4.79 Å². The standard InChI is InChI=1S/C17H12N2O5S3/c20-14(21)9-24-11-5-3-10(4-6-11)8-13-16(23)19(17(25)27-13)18-15(22)12-2-1-7-26-12/h1-8H,9H2,(H,18,22)(H,20,21)/b13-8+. The van der Waals surface area contributed by atoms with Crippen molar-refractivity contribution in [1.82, 2.24) is 10.4 Å². The van der Waals surface area contributed by atoms with Crippen LogP contribution in [0.25, 0.3) is 6.08 Å². The van der Waals surface area contributed by atoms with E-state index in [1.807, 2.05) is 0 Å². The number of carboxylic acid groups (broad SMARTS) is 1. The van der Waals surface area contributed by atoms with Gasteiger partial charge in [0, 0.05) is 0 Å². The highest BCUT2D eigenvalue weighted by molar-refractivity contribution is 8.26. The molecular weight excluding hydrogens is 408 g/mol. The first-order valence-corrected chi connectivity index (χ1v) is 9.61. The second kappa shape index (κ2) is 8.33. The fourth-order valence-electron chi connectivity index (χ4n) is 2.09. The predicted molar refractivity (Wildman–Crippen MR) is 106 cm³/mol. The number of hydrogen-bond acceptors (Lipinski definition) is 7. The number of nitrogens with one attached hydrogen (secondary N) is 1. The third-order valence-corrected chi connectivity index (χ3v) is 5.46. The summed E-state index contributed by atoms with van der Waals surface area (Å²) < 4.78 is 5.29. The number of ether oxygens (including phenoxy) is 1. The fraction of sp³-hybridized carbons (Fsp3) is 0.0588. The zero-order valence-corrected chi connectivity index (χ0v) is 16.0. The molecule has 27 heavy (non-hydrogen) atoms. The SMILES string of the molecule is O=C(O)COc1ccc(/C=C2/SC(=S)N(NC(=O)c3cccs3)C2=O)cc1. The van der Waals surface area contributed by atoms with Gasteiger partial charge >= 0.3 is 5.97 Å². The second-order valence-electron chi connectivity index (χ2n) is 5.19. The lowest BCUT2D eigenvalue weighted by atomic mass is 10.2. The van der Waals surface area contributed by atoms with Gasteiger partial charge < -0.3 is 9.84 Å². The molecule has 7 nitrogen and oxygen atoms in total. The van der Waals surface area contributed by atoms with E-state index in [4.69, 9.17) is 22.1 Å². The van der Waals surface area contributed by atoms with Crippen molar-refractivity contribution in [1.29, 1.82) is 0 Å². The van der Waals surface area contributed by atoms with Crippen LogP contribution in [0.4, 0.5) is 0 Å². The lowest BCUT2D eigenvalue weighted by Gasteiger charge is -2.14. The Bertz CT molecular complexity index is 923. The number of carboxylic acids is 1. The fourth-order valence-corrected chi connectivity index (χ4v) is 3.88. The van der Waals surface area contributed by atoms with Crippen LogP contribution in [0.1, 0.15) is 15.2 Å². The molecule has 1 aliphatic heterocycles. The third kappa shape index (κ3) is 4.73. The number of nitrogens with zero attached hydrogens (tertiary/aromatic N) is 1. The molecule has 1 aliphatic rings. The first-order valence-electron chi connectivity index (χ1n) is 7.51. The molecular formula is C17H12N2O5S3. The molecule has 0 spiro atoms. The number of thiocarbonyl (C=S) groups is 1. The molecule has 10 heteroatoms. The maximum atomic E-state index is 12.5. The van der Waals surface area contributed by atoms with Crippen molar-refractivity contribution in [2.75, 3.05) is 6.61 Å². The summed E-state index contributed by atoms with van der Waals surface area (Å²) in [7, 11) is 0. The van der Waals surface area contributed by atoms with Gasteiger partial charge in [-0.1, -0.05) is 30.0 Å². The van der Waals surface area contributed by atoms with E-state index in [0.29, 0.717) is 21.1 Å². The molecule has 1 aromatic heterocycles. The largest absolute Gasteiger partial charge is 0.482 e. The molecule has 0 saturated carbocycles. The molecule has 0 bridgehead atoms. The Hall–Kier alpha value is -2.69. The highest BCUT2D eigenvalue weighted by Gasteiger charge is 2.33. The van der Waals surface area contributed by atoms with Gasteiger partial charge in [-0.05, 0) is 47.4 Å². The molecule has 1 saturated heterocycles. The summed E-state index contributed by atoms with van der Waals surface area (Å²) in [6.45, 7) is -0.429. The Labute approximate surface area is 167 Å². The van der Waals surface area contributed by atoms with Crippen LogP contribution in [0.5, 0.6) is 5.75 Å². The van der Waals surface area contributed by atoms with Gasteiger partial charge in [0.1, 0.15) is 5.75 Å². The van der Waals surface area contributed by atoms with Crippen LogP contribution in [-0.2, 0) is 9.59 Å². The first-order chi connectivity index (χ1) is 12.9. The maximum Gasteiger partial charge on any atom is 0.341 e. The van der Waals surface area contributed by atoms with Gasteiger partial charge in [0.2, 0.25) is 0 Å². The zero-order valence-electron chi connectivity index (χ0n) is 13.6. The molecule has 2 amide bonds. The van der Waals surface area contributed by atoms with E-state index >= 15 is 0 Å². The molecule has 0 radical (unpaired) electrons. The van der Waals surface area contributed by atoms with Gasteiger partial charge in [0.15, 0.2) is 10.9 Å². The van der Waals surface area contributed by atoms with Crippen LogP contribution < -0.4 is 10.2 Å². The van der Waals surface area contributed by atoms with Gasteiger partial charge in [-0.2, -0.15) is 5.01 Å². The van der Waals surface area contributed by atoms with E-state index in [-0.39, 0.29) is 4.32 Å². The number of thiophene rings is 1. The third-order valence-electron chi connectivity index (χ3n) is 3.29. The van der Waals surface area contributed by atoms with E-state index in [1.165, 1.54) is 11.3 Å². The summed E-state index contributed by atoms with van der Waals surface area (Å²) in [6.07, 6.45) is 1.64. The number of hydrogen-bond donors (Lipinski definition) is 2. The number of hydrazine groups is 1. The molecule has 2 N–H and O–H groups in total. The zero-order chi connectivity index (χ0) is 19.4. The quantitative estimate of drug-likeness (QED) is 0.548. The predicted octanol–water partition coefficient (Wildman–Crippen LogP) is 2.76. The average Bonchev–Trinajstić information content (AvgIpc) is 3.26. The first kappa shape index (κ1) is 19.1. The molecule has 1 aromatic carbocycles. The molecule has 0 aliphatic carbocycles. The normalized spacial score (nSPS) is 15.3. The summed E-state index contributed by atoms with van der Waals surface area (Å²) >= 11 is 7.53. The van der Waals surface area contributed by atoms with Crippen LogP contribution in [-0.4, -0.2) is 38.8 Å². The van der Waals surface area contributed by atoms with E-state index in [2.05, 4.69) is 5.43 Å². The highest BCUT2D eigenvalue weighted by Crippen LogP contribution is 2.31. The van der Waals surface area contributed by atoms with Crippen LogP contribution >= 0.6 is 35.3 Å². The number of carbonyl (C=O) groups is 3. The summed E-state index contributed by atoms with van der Waals surface area (Å²) in [5, 5.41) is 11.4. The summed E-state index contributed by atoms with van der Waals surface area (Å²) in [5.41, 5.74) is 3.22. The van der Waals surface area contributed by atoms with Gasteiger partial charge in [0.05, 0.1) is 9.78 Å². The molecule has 0 atom stereocenters. The minimum Gasteiger partial charge on any atom is -0.482 e. The minimum atomic E-state index is -1.06. The van der Waals surface area contributed by atoms with Gasteiger partial charge in [-0.15, -0.1) is 11.3 Å². The van der Waals surface area contributed by atoms with E-state index in [0.717, 1.165) is 16.8 Å². The Morgan fingerprint density at radius 2 is 2.00 bits per heavy atom. The Kier molecular flexibility index (Phi) is 5.89. The molecule has 3 rings (SSSR count). The summed E-state index contributed by atoms with van der Waals surface area (Å²) in [5.74, 6) is -1.47. The Morgan fingerprint density at radius 3 is 2.63 bits per heavy atom. The second-order valence-corrected chi connectivity index (χ2v) is 7.81. The lowest BCUT2D eigenvalue weighted by molar-refractivity contribution is -0.139. The van der Waals surface area contributed by atoms with Crippen molar-refractivity contribution >= 4 is 63.5 Å². The topological polar surface area (TPSA) is 95.9 Å². The Morgan fingerprint density at radius 1 is 1.26 bits per heavy atom. The van der Waals surface area contributed by atoms with Gasteiger partial charge in [-0.3, -0.25) is 15.0 Å². The van der Waals surface area contributed by atoms with Crippen molar-refractivity contribution < 1.29 is 24.2 Å². The lowest BCUT2D eigenvalue weighted by Crippen LogP contribution is -2.44. The van der Waals surface area contributed by atoms with E-state index in [9.17, 15) is 14.4 Å². The van der Waals surface area contributed by atoms with Crippen molar-refractivity contribution in [2.24, 2.45) is 0 Å². The maximum absolute atomic E-state index is 12.5. The smallest absolute Gasteiger partial charge is 0.341 e. The number of thioether (sulfide) groups is 1. The van der Waals surface area contributed by atoms with E-state index in [1.54, 1.807) is 47.9 Å². The molecule has 2 heterocycles. The molecule has 2 aromatic rings. The number of amides is 2. The van der Waals surface area contributed by atoms with Crippen LogP contribution in [0.3, 0.4) is 0 Å². The van der Waals surface area contributed by atoms with E-state index < -0.39 is 24.4 Å². The molecule has 1 fully saturated rings. The average molecular weight is 420 g/mol. The summed E-state index contributed by atoms with van der Waals surface area (Å²) in [6, 6.07) is 9.99. The summed E-state index contributed by atoms with van der Waals surface area (Å²) in [4.78, 5) is 36.0. The molecule has 138 valence electrons.